The monoisotopic (exact) mass is 549 g/mol. The van der Waals surface area contributed by atoms with Crippen LogP contribution in [-0.2, 0) is 19.0 Å². The molecule has 0 bridgehead atoms. The zero-order chi connectivity index (χ0) is 28.3. The van der Waals surface area contributed by atoms with Gasteiger partial charge in [-0.25, -0.2) is 14.2 Å². The van der Waals surface area contributed by atoms with Gasteiger partial charge in [-0.1, -0.05) is 42.5 Å². The van der Waals surface area contributed by atoms with Crippen LogP contribution in [0.15, 0.2) is 78.9 Å². The third-order valence-electron chi connectivity index (χ3n) is 6.85. The van der Waals surface area contributed by atoms with Gasteiger partial charge in [-0.2, -0.15) is 13.2 Å². The quantitative estimate of drug-likeness (QED) is 0.161. The van der Waals surface area contributed by atoms with Crippen molar-refractivity contribution in [2.24, 2.45) is 0 Å². The van der Waals surface area contributed by atoms with Crippen LogP contribution in [0.4, 0.5) is 39.5 Å². The van der Waals surface area contributed by atoms with E-state index in [1.807, 2.05) is 36.4 Å². The Labute approximate surface area is 228 Å². The van der Waals surface area contributed by atoms with Crippen molar-refractivity contribution < 1.29 is 22.4 Å². The lowest BCUT2D eigenvalue weighted by Gasteiger charge is -2.26. The molecule has 2 heterocycles. The fourth-order valence-electron chi connectivity index (χ4n) is 4.67. The second kappa shape index (κ2) is 11.3. The Morgan fingerprint density at radius 2 is 1.68 bits per heavy atom. The first kappa shape index (κ1) is 27.0. The molecule has 0 radical (unpaired) electrons. The van der Waals surface area contributed by atoms with Crippen molar-refractivity contribution >= 4 is 23.2 Å². The summed E-state index contributed by atoms with van der Waals surface area (Å²) >= 11 is 0. The van der Waals surface area contributed by atoms with E-state index in [-0.39, 0.29) is 6.54 Å². The number of fused-ring (bicyclic) bond motifs is 1. The molecular weight excluding hydrogens is 522 g/mol. The van der Waals surface area contributed by atoms with Gasteiger partial charge in [0.25, 0.3) is 0 Å². The lowest BCUT2D eigenvalue weighted by Crippen LogP contribution is -2.31. The van der Waals surface area contributed by atoms with Crippen LogP contribution in [0.1, 0.15) is 28.3 Å². The highest BCUT2D eigenvalue weighted by Gasteiger charge is 2.31. The standard InChI is InChI=1S/C30H27F4N5O/c31-26-12-8-23(30(32,33)34)16-27(26)39-29(40)36-14-13-25-11-7-21-15-22(17-37-28(21)38-25)20-3-1-18(2-4-20)19-5-9-24(35)10-6-19/h1-12,16,22H,13-15,17,35H2,(H,37,38)(H2,36,39,40). The van der Waals surface area contributed by atoms with Crippen molar-refractivity contribution in [1.82, 2.24) is 10.3 Å². The summed E-state index contributed by atoms with van der Waals surface area (Å²) in [6, 6.07) is 21.2. The first-order valence-corrected chi connectivity index (χ1v) is 12.8. The van der Waals surface area contributed by atoms with Gasteiger partial charge >= 0.3 is 12.2 Å². The second-order valence-corrected chi connectivity index (χ2v) is 9.66. The van der Waals surface area contributed by atoms with Crippen LogP contribution in [0.25, 0.3) is 11.1 Å². The average molecular weight is 550 g/mol. The van der Waals surface area contributed by atoms with Crippen LogP contribution < -0.4 is 21.7 Å². The number of urea groups is 1. The molecule has 0 saturated heterocycles. The molecule has 3 aromatic carbocycles. The van der Waals surface area contributed by atoms with Crippen LogP contribution in [0, 0.1) is 5.82 Å². The van der Waals surface area contributed by atoms with Gasteiger partial charge in [-0.05, 0) is 65.1 Å². The van der Waals surface area contributed by atoms with E-state index in [1.54, 1.807) is 0 Å². The fourth-order valence-corrected chi connectivity index (χ4v) is 4.67. The van der Waals surface area contributed by atoms with Crippen LogP contribution in [-0.4, -0.2) is 24.1 Å². The molecule has 0 fully saturated rings. The lowest BCUT2D eigenvalue weighted by atomic mass is 9.88. The molecule has 1 aromatic heterocycles. The van der Waals surface area contributed by atoms with Gasteiger partial charge < -0.3 is 21.7 Å². The number of alkyl halides is 3. The molecule has 4 aromatic rings. The smallest absolute Gasteiger partial charge is 0.399 e. The average Bonchev–Trinajstić information content (AvgIpc) is 2.94. The Morgan fingerprint density at radius 1 is 0.975 bits per heavy atom. The maximum absolute atomic E-state index is 13.9. The third-order valence-corrected chi connectivity index (χ3v) is 6.85. The number of nitrogens with zero attached hydrogens (tertiary/aromatic N) is 1. The minimum atomic E-state index is -4.64. The molecule has 6 nitrogen and oxygen atoms in total. The Kier molecular flexibility index (Phi) is 7.59. The van der Waals surface area contributed by atoms with Crippen molar-refractivity contribution in [2.75, 3.05) is 29.5 Å². The number of amides is 2. The number of hydrogen-bond donors (Lipinski definition) is 4. The highest BCUT2D eigenvalue weighted by Crippen LogP contribution is 2.33. The Hall–Kier alpha value is -4.60. The number of carbonyl (C=O) groups excluding carboxylic acids is 1. The number of hydrogen-bond acceptors (Lipinski definition) is 4. The SMILES string of the molecule is Nc1ccc(-c2ccc(C3CNc4nc(CCNC(=O)Nc5cc(C(F)(F)F)ccc5F)ccc4C3)cc2)cc1. The first-order valence-electron chi connectivity index (χ1n) is 12.8. The lowest BCUT2D eigenvalue weighted by molar-refractivity contribution is -0.137. The van der Waals surface area contributed by atoms with Crippen molar-refractivity contribution in [3.05, 3.63) is 107 Å². The van der Waals surface area contributed by atoms with E-state index >= 15 is 0 Å². The van der Waals surface area contributed by atoms with Gasteiger partial charge in [0.1, 0.15) is 11.6 Å². The molecule has 2 amide bonds. The van der Waals surface area contributed by atoms with Crippen LogP contribution in [0.5, 0.6) is 0 Å². The van der Waals surface area contributed by atoms with E-state index in [2.05, 4.69) is 45.2 Å². The third kappa shape index (κ3) is 6.33. The van der Waals surface area contributed by atoms with Crippen LogP contribution in [0.3, 0.4) is 0 Å². The van der Waals surface area contributed by atoms with Crippen molar-refractivity contribution in [3.63, 3.8) is 0 Å². The molecule has 5 rings (SSSR count). The topological polar surface area (TPSA) is 92.1 Å². The predicted octanol–water partition coefficient (Wildman–Crippen LogP) is 6.60. The number of aromatic nitrogens is 1. The first-order chi connectivity index (χ1) is 19.2. The van der Waals surface area contributed by atoms with Crippen LogP contribution in [0.2, 0.25) is 0 Å². The summed E-state index contributed by atoms with van der Waals surface area (Å²) in [5.74, 6) is 0.131. The molecular formula is C30H27F4N5O. The minimum Gasteiger partial charge on any atom is -0.399 e. The molecule has 1 aliphatic heterocycles. The van der Waals surface area contributed by atoms with E-state index < -0.39 is 29.3 Å². The van der Waals surface area contributed by atoms with Crippen molar-refractivity contribution in [3.8, 4) is 11.1 Å². The molecule has 0 aliphatic carbocycles. The van der Waals surface area contributed by atoms with E-state index in [9.17, 15) is 22.4 Å². The number of nitrogen functional groups attached to an aromatic ring is 1. The molecule has 5 N–H and O–H groups in total. The number of anilines is 3. The van der Waals surface area contributed by atoms with Gasteiger partial charge in [-0.3, -0.25) is 0 Å². The summed E-state index contributed by atoms with van der Waals surface area (Å²) in [5.41, 5.74) is 10.2. The van der Waals surface area contributed by atoms with Crippen LogP contribution >= 0.6 is 0 Å². The fraction of sp³-hybridized carbons (Fsp3) is 0.200. The van der Waals surface area contributed by atoms with E-state index in [4.69, 9.17) is 5.73 Å². The highest BCUT2D eigenvalue weighted by molar-refractivity contribution is 5.89. The van der Waals surface area contributed by atoms with Gasteiger partial charge in [0.2, 0.25) is 0 Å². The van der Waals surface area contributed by atoms with Gasteiger partial charge in [0.15, 0.2) is 0 Å². The maximum atomic E-state index is 13.9. The maximum Gasteiger partial charge on any atom is 0.416 e. The molecule has 1 atom stereocenters. The molecule has 0 saturated carbocycles. The number of nitrogens with two attached hydrogens (primary N) is 1. The molecule has 10 heteroatoms. The van der Waals surface area contributed by atoms with E-state index in [0.29, 0.717) is 30.5 Å². The predicted molar refractivity (Wildman–Crippen MR) is 148 cm³/mol. The summed E-state index contributed by atoms with van der Waals surface area (Å²) in [6.07, 6.45) is -3.42. The summed E-state index contributed by atoms with van der Waals surface area (Å²) in [7, 11) is 0. The van der Waals surface area contributed by atoms with Crippen molar-refractivity contribution in [1.29, 1.82) is 0 Å². The van der Waals surface area contributed by atoms with Gasteiger partial charge in [0.05, 0.1) is 11.3 Å². The molecule has 0 spiro atoms. The minimum absolute atomic E-state index is 0.168. The van der Waals surface area contributed by atoms with E-state index in [1.165, 1.54) is 5.56 Å². The zero-order valence-corrected chi connectivity index (χ0v) is 21.4. The number of halogens is 4. The zero-order valence-electron chi connectivity index (χ0n) is 21.4. The number of nitrogens with one attached hydrogen (secondary N) is 3. The highest BCUT2D eigenvalue weighted by atomic mass is 19.4. The molecule has 1 aliphatic rings. The molecule has 1 unspecified atom stereocenters. The Bertz CT molecular complexity index is 1500. The Balaban J connectivity index is 1.14. The normalized spacial score (nSPS) is 14.7. The van der Waals surface area contributed by atoms with Gasteiger partial charge in [-0.15, -0.1) is 0 Å². The molecule has 206 valence electrons. The summed E-state index contributed by atoms with van der Waals surface area (Å²) < 4.78 is 52.5. The van der Waals surface area contributed by atoms with Crippen molar-refractivity contribution in [2.45, 2.75) is 24.9 Å². The summed E-state index contributed by atoms with van der Waals surface area (Å²) in [6.45, 7) is 0.898. The largest absolute Gasteiger partial charge is 0.416 e. The number of carbonyl (C=O) groups is 1. The summed E-state index contributed by atoms with van der Waals surface area (Å²) in [4.78, 5) is 16.8. The second-order valence-electron chi connectivity index (χ2n) is 9.66. The number of rotatable bonds is 6. The Morgan fingerprint density at radius 3 is 2.38 bits per heavy atom. The van der Waals surface area contributed by atoms with Gasteiger partial charge in [0, 0.05) is 36.8 Å². The molecule has 40 heavy (non-hydrogen) atoms. The number of benzene rings is 3. The van der Waals surface area contributed by atoms with E-state index in [0.717, 1.165) is 46.9 Å². The number of pyridine rings is 1. The summed E-state index contributed by atoms with van der Waals surface area (Å²) in [5, 5.41) is 8.06.